The van der Waals surface area contributed by atoms with Gasteiger partial charge in [0.05, 0.1) is 19.8 Å². The summed E-state index contributed by atoms with van der Waals surface area (Å²) in [7, 11) is 3.15. The first-order valence-electron chi connectivity index (χ1n) is 7.11. The molecule has 2 rings (SSSR count). The highest BCUT2D eigenvalue weighted by molar-refractivity contribution is 5.97. The Balaban J connectivity index is 1.91. The first-order valence-corrected chi connectivity index (χ1v) is 7.11. The molecular formula is C15H21N3O4. The van der Waals surface area contributed by atoms with E-state index in [9.17, 15) is 9.59 Å². The third-order valence-electron chi connectivity index (χ3n) is 3.42. The molecule has 1 aliphatic heterocycles. The SMILES string of the molecule is COCCNC(=O)N[C@@H]1CC(=O)N(c2cccc(OC)c2)C1. The molecule has 22 heavy (non-hydrogen) atoms. The molecular weight excluding hydrogens is 286 g/mol. The third kappa shape index (κ3) is 4.11. The highest BCUT2D eigenvalue weighted by Crippen LogP contribution is 2.25. The van der Waals surface area contributed by atoms with Gasteiger partial charge in [-0.3, -0.25) is 4.79 Å². The Labute approximate surface area is 129 Å². The van der Waals surface area contributed by atoms with E-state index in [0.29, 0.717) is 25.4 Å². The minimum absolute atomic E-state index is 0.0181. The van der Waals surface area contributed by atoms with Crippen LogP contribution in [0.3, 0.4) is 0 Å². The molecule has 7 nitrogen and oxygen atoms in total. The van der Waals surface area contributed by atoms with E-state index < -0.39 is 0 Å². The van der Waals surface area contributed by atoms with Gasteiger partial charge in [-0.1, -0.05) is 6.07 Å². The summed E-state index contributed by atoms with van der Waals surface area (Å²) < 4.78 is 10.0. The molecule has 0 saturated carbocycles. The van der Waals surface area contributed by atoms with Crippen molar-refractivity contribution in [3.63, 3.8) is 0 Å². The van der Waals surface area contributed by atoms with Gasteiger partial charge in [-0.2, -0.15) is 0 Å². The van der Waals surface area contributed by atoms with E-state index in [1.807, 2.05) is 18.2 Å². The van der Waals surface area contributed by atoms with E-state index in [0.717, 1.165) is 5.69 Å². The molecule has 7 heteroatoms. The summed E-state index contributed by atoms with van der Waals surface area (Å²) in [5.74, 6) is 0.675. The molecule has 1 saturated heterocycles. The lowest BCUT2D eigenvalue weighted by Gasteiger charge is -2.18. The van der Waals surface area contributed by atoms with Gasteiger partial charge in [0, 0.05) is 38.4 Å². The molecule has 0 bridgehead atoms. The predicted octanol–water partition coefficient (Wildman–Crippen LogP) is 0.746. The van der Waals surface area contributed by atoms with Crippen LogP contribution in [0.15, 0.2) is 24.3 Å². The summed E-state index contributed by atoms with van der Waals surface area (Å²) in [6.07, 6.45) is 0.287. The van der Waals surface area contributed by atoms with Crippen LogP contribution in [-0.2, 0) is 9.53 Å². The number of hydrogen-bond acceptors (Lipinski definition) is 4. The van der Waals surface area contributed by atoms with Crippen LogP contribution in [0.4, 0.5) is 10.5 Å². The monoisotopic (exact) mass is 307 g/mol. The van der Waals surface area contributed by atoms with Crippen LogP contribution in [0.2, 0.25) is 0 Å². The second-order valence-electron chi connectivity index (χ2n) is 5.00. The van der Waals surface area contributed by atoms with E-state index in [-0.39, 0.29) is 24.4 Å². The van der Waals surface area contributed by atoms with Crippen molar-refractivity contribution in [3.05, 3.63) is 24.3 Å². The number of carbonyl (C=O) groups excluding carboxylic acids is 2. The Morgan fingerprint density at radius 3 is 2.95 bits per heavy atom. The fourth-order valence-corrected chi connectivity index (χ4v) is 2.34. The highest BCUT2D eigenvalue weighted by Gasteiger charge is 2.31. The summed E-state index contributed by atoms with van der Waals surface area (Å²) in [6, 6.07) is 6.81. The molecule has 1 fully saturated rings. The van der Waals surface area contributed by atoms with E-state index in [1.54, 1.807) is 25.2 Å². The first kappa shape index (κ1) is 16.1. The number of rotatable bonds is 6. The zero-order valence-electron chi connectivity index (χ0n) is 12.8. The molecule has 120 valence electrons. The number of benzene rings is 1. The van der Waals surface area contributed by atoms with Crippen molar-refractivity contribution in [2.75, 3.05) is 38.8 Å². The van der Waals surface area contributed by atoms with Gasteiger partial charge in [0.2, 0.25) is 5.91 Å². The van der Waals surface area contributed by atoms with Crippen molar-refractivity contribution >= 4 is 17.6 Å². The number of anilines is 1. The standard InChI is InChI=1S/C15H21N3O4/c1-21-7-6-16-15(20)17-11-8-14(19)18(10-11)12-4-3-5-13(9-12)22-2/h3-5,9,11H,6-8,10H2,1-2H3,(H2,16,17,20)/t11-/m1/s1. The maximum Gasteiger partial charge on any atom is 0.315 e. The molecule has 0 aliphatic carbocycles. The van der Waals surface area contributed by atoms with Gasteiger partial charge >= 0.3 is 6.03 Å². The molecule has 0 unspecified atom stereocenters. The van der Waals surface area contributed by atoms with Crippen LogP contribution >= 0.6 is 0 Å². The Morgan fingerprint density at radius 1 is 1.41 bits per heavy atom. The van der Waals surface area contributed by atoms with Gasteiger partial charge in [-0.05, 0) is 12.1 Å². The van der Waals surface area contributed by atoms with Gasteiger partial charge in [-0.25, -0.2) is 4.79 Å². The van der Waals surface area contributed by atoms with Gasteiger partial charge in [0.25, 0.3) is 0 Å². The number of nitrogens with zero attached hydrogens (tertiary/aromatic N) is 1. The van der Waals surface area contributed by atoms with Crippen molar-refractivity contribution in [1.82, 2.24) is 10.6 Å². The third-order valence-corrected chi connectivity index (χ3v) is 3.42. The highest BCUT2D eigenvalue weighted by atomic mass is 16.5. The minimum Gasteiger partial charge on any atom is -0.497 e. The maximum absolute atomic E-state index is 12.1. The Morgan fingerprint density at radius 2 is 2.23 bits per heavy atom. The predicted molar refractivity (Wildman–Crippen MR) is 82.2 cm³/mol. The van der Waals surface area contributed by atoms with Crippen LogP contribution in [0, 0.1) is 0 Å². The Kier molecular flexibility index (Phi) is 5.60. The molecule has 2 N–H and O–H groups in total. The molecule has 1 aromatic carbocycles. The zero-order valence-corrected chi connectivity index (χ0v) is 12.8. The average Bonchev–Trinajstić information content (AvgIpc) is 2.88. The van der Waals surface area contributed by atoms with Crippen molar-refractivity contribution < 1.29 is 19.1 Å². The average molecular weight is 307 g/mol. The molecule has 1 aliphatic rings. The lowest BCUT2D eigenvalue weighted by atomic mass is 10.2. The topological polar surface area (TPSA) is 79.9 Å². The van der Waals surface area contributed by atoms with Gasteiger partial charge in [0.1, 0.15) is 5.75 Å². The lowest BCUT2D eigenvalue weighted by Crippen LogP contribution is -2.44. The number of hydrogen-bond donors (Lipinski definition) is 2. The maximum atomic E-state index is 12.1. The molecule has 1 heterocycles. The fraction of sp³-hybridized carbons (Fsp3) is 0.467. The van der Waals surface area contributed by atoms with Gasteiger partial charge < -0.3 is 25.0 Å². The molecule has 1 atom stereocenters. The smallest absolute Gasteiger partial charge is 0.315 e. The van der Waals surface area contributed by atoms with Crippen LogP contribution in [-0.4, -0.2) is 51.9 Å². The van der Waals surface area contributed by atoms with Crippen molar-refractivity contribution in [1.29, 1.82) is 0 Å². The van der Waals surface area contributed by atoms with Gasteiger partial charge in [-0.15, -0.1) is 0 Å². The molecule has 0 radical (unpaired) electrons. The van der Waals surface area contributed by atoms with Crippen LogP contribution in [0.5, 0.6) is 5.75 Å². The van der Waals surface area contributed by atoms with E-state index in [4.69, 9.17) is 9.47 Å². The normalized spacial score (nSPS) is 17.5. The zero-order chi connectivity index (χ0) is 15.9. The number of urea groups is 1. The van der Waals surface area contributed by atoms with Crippen LogP contribution < -0.4 is 20.3 Å². The lowest BCUT2D eigenvalue weighted by molar-refractivity contribution is -0.117. The van der Waals surface area contributed by atoms with Crippen molar-refractivity contribution in [3.8, 4) is 5.75 Å². The Bertz CT molecular complexity index is 535. The molecule has 3 amide bonds. The summed E-state index contributed by atoms with van der Waals surface area (Å²) in [5, 5.41) is 5.47. The first-order chi connectivity index (χ1) is 10.6. The summed E-state index contributed by atoms with van der Waals surface area (Å²) in [4.78, 5) is 25.5. The number of nitrogens with one attached hydrogen (secondary N) is 2. The van der Waals surface area contributed by atoms with Gasteiger partial charge in [0.15, 0.2) is 0 Å². The van der Waals surface area contributed by atoms with E-state index in [1.165, 1.54) is 0 Å². The Hall–Kier alpha value is -2.28. The van der Waals surface area contributed by atoms with Crippen molar-refractivity contribution in [2.24, 2.45) is 0 Å². The summed E-state index contributed by atoms with van der Waals surface area (Å²) in [5.41, 5.74) is 0.772. The molecule has 0 aromatic heterocycles. The number of carbonyl (C=O) groups is 2. The summed E-state index contributed by atoms with van der Waals surface area (Å²) >= 11 is 0. The van der Waals surface area contributed by atoms with E-state index in [2.05, 4.69) is 10.6 Å². The largest absolute Gasteiger partial charge is 0.497 e. The second kappa shape index (κ2) is 7.65. The summed E-state index contributed by atoms with van der Waals surface area (Å²) in [6.45, 7) is 1.33. The van der Waals surface area contributed by atoms with E-state index >= 15 is 0 Å². The number of amides is 3. The van der Waals surface area contributed by atoms with Crippen LogP contribution in [0.1, 0.15) is 6.42 Å². The second-order valence-corrected chi connectivity index (χ2v) is 5.00. The number of ether oxygens (including phenoxy) is 2. The fourth-order valence-electron chi connectivity index (χ4n) is 2.34. The number of methoxy groups -OCH3 is 2. The minimum atomic E-state index is -0.289. The van der Waals surface area contributed by atoms with Crippen LogP contribution in [0.25, 0.3) is 0 Å². The van der Waals surface area contributed by atoms with Crippen molar-refractivity contribution in [2.45, 2.75) is 12.5 Å². The quantitative estimate of drug-likeness (QED) is 0.760. The molecule has 0 spiro atoms. The molecule has 1 aromatic rings.